The highest BCUT2D eigenvalue weighted by Gasteiger charge is 2.06. The lowest BCUT2D eigenvalue weighted by Gasteiger charge is -1.98. The average molecular weight is 185 g/mol. The third-order valence-corrected chi connectivity index (χ3v) is 2.09. The number of hydrogen-bond acceptors (Lipinski definition) is 3. The first-order valence-corrected chi connectivity index (χ1v) is 4.14. The molecular formula is C10H7N3O. The summed E-state index contributed by atoms with van der Waals surface area (Å²) in [6, 6.07) is 5.52. The van der Waals surface area contributed by atoms with E-state index in [2.05, 4.69) is 16.0 Å². The topological polar surface area (TPSA) is 69.5 Å². The standard InChI is InChI=1S/C10H7N3O/c11-4-3-7-1-2-8(5-14)10-9(7)12-6-13-10/h1-2,5-6H,3H2,(H,12,13). The number of aldehydes is 1. The van der Waals surface area contributed by atoms with Crippen LogP contribution in [0.3, 0.4) is 0 Å². The molecule has 68 valence electrons. The third-order valence-electron chi connectivity index (χ3n) is 2.09. The molecule has 0 spiro atoms. The van der Waals surface area contributed by atoms with Crippen LogP contribution in [0.15, 0.2) is 18.5 Å². The van der Waals surface area contributed by atoms with Gasteiger partial charge in [-0.1, -0.05) is 6.07 Å². The predicted octanol–water partition coefficient (Wildman–Crippen LogP) is 1.44. The zero-order valence-corrected chi connectivity index (χ0v) is 7.32. The van der Waals surface area contributed by atoms with Gasteiger partial charge in [-0.05, 0) is 11.6 Å². The first-order valence-electron chi connectivity index (χ1n) is 4.14. The highest BCUT2D eigenvalue weighted by atomic mass is 16.1. The van der Waals surface area contributed by atoms with Crippen molar-refractivity contribution in [1.82, 2.24) is 9.97 Å². The maximum atomic E-state index is 10.7. The summed E-state index contributed by atoms with van der Waals surface area (Å²) >= 11 is 0. The number of aromatic nitrogens is 2. The molecule has 0 bridgehead atoms. The molecule has 0 saturated heterocycles. The maximum absolute atomic E-state index is 10.7. The zero-order valence-electron chi connectivity index (χ0n) is 7.32. The lowest BCUT2D eigenvalue weighted by atomic mass is 10.1. The lowest BCUT2D eigenvalue weighted by Crippen LogP contribution is -1.89. The number of carbonyl (C=O) groups is 1. The van der Waals surface area contributed by atoms with Crippen molar-refractivity contribution in [2.45, 2.75) is 6.42 Å². The summed E-state index contributed by atoms with van der Waals surface area (Å²) in [7, 11) is 0. The summed E-state index contributed by atoms with van der Waals surface area (Å²) in [5, 5.41) is 8.59. The highest BCUT2D eigenvalue weighted by Crippen LogP contribution is 2.18. The summed E-state index contributed by atoms with van der Waals surface area (Å²) in [5.74, 6) is 0. The average Bonchev–Trinajstić information content (AvgIpc) is 2.67. The van der Waals surface area contributed by atoms with Gasteiger partial charge in [0, 0.05) is 5.56 Å². The monoisotopic (exact) mass is 185 g/mol. The van der Waals surface area contributed by atoms with Gasteiger partial charge < -0.3 is 4.98 Å². The molecule has 4 heteroatoms. The van der Waals surface area contributed by atoms with Gasteiger partial charge in [0.1, 0.15) is 0 Å². The molecule has 1 N–H and O–H groups in total. The van der Waals surface area contributed by atoms with Crippen molar-refractivity contribution < 1.29 is 4.79 Å². The van der Waals surface area contributed by atoms with Gasteiger partial charge in [-0.15, -0.1) is 0 Å². The van der Waals surface area contributed by atoms with Crippen LogP contribution in [0.25, 0.3) is 11.0 Å². The number of aromatic amines is 1. The smallest absolute Gasteiger partial charge is 0.152 e. The second-order valence-corrected chi connectivity index (χ2v) is 2.89. The number of fused-ring (bicyclic) bond motifs is 1. The van der Waals surface area contributed by atoms with Crippen LogP contribution in [0, 0.1) is 11.3 Å². The number of nitriles is 1. The number of rotatable bonds is 2. The molecule has 14 heavy (non-hydrogen) atoms. The zero-order chi connectivity index (χ0) is 9.97. The molecule has 0 aliphatic heterocycles. The predicted molar refractivity (Wildman–Crippen MR) is 50.8 cm³/mol. The van der Waals surface area contributed by atoms with E-state index in [1.54, 1.807) is 12.1 Å². The number of imidazole rings is 1. The van der Waals surface area contributed by atoms with Crippen molar-refractivity contribution in [2.75, 3.05) is 0 Å². The highest BCUT2D eigenvalue weighted by molar-refractivity contribution is 5.95. The van der Waals surface area contributed by atoms with Crippen LogP contribution in [0.4, 0.5) is 0 Å². The molecule has 2 aromatic rings. The van der Waals surface area contributed by atoms with Gasteiger partial charge in [0.15, 0.2) is 6.29 Å². The third kappa shape index (κ3) is 1.15. The molecule has 0 unspecified atom stereocenters. The van der Waals surface area contributed by atoms with Crippen LogP contribution in [0.2, 0.25) is 0 Å². The Hall–Kier alpha value is -2.15. The SMILES string of the molecule is N#CCc1ccc(C=O)c2[nH]cnc12. The number of benzene rings is 1. The molecule has 0 radical (unpaired) electrons. The molecule has 0 atom stereocenters. The number of hydrogen-bond donors (Lipinski definition) is 1. The molecule has 1 aromatic carbocycles. The normalized spacial score (nSPS) is 9.93. The van der Waals surface area contributed by atoms with Gasteiger partial charge in [-0.3, -0.25) is 4.79 Å². The Morgan fingerprint density at radius 3 is 3.14 bits per heavy atom. The van der Waals surface area contributed by atoms with Crippen LogP contribution < -0.4 is 0 Å². The number of carbonyl (C=O) groups excluding carboxylic acids is 1. The minimum atomic E-state index is 0.306. The summed E-state index contributed by atoms with van der Waals surface area (Å²) in [4.78, 5) is 17.6. The Labute approximate surface area is 80.2 Å². The molecule has 0 saturated carbocycles. The number of H-pyrrole nitrogens is 1. The van der Waals surface area contributed by atoms with Crippen molar-refractivity contribution in [3.8, 4) is 6.07 Å². The second-order valence-electron chi connectivity index (χ2n) is 2.89. The van der Waals surface area contributed by atoms with E-state index >= 15 is 0 Å². The largest absolute Gasteiger partial charge is 0.344 e. The van der Waals surface area contributed by atoms with E-state index in [-0.39, 0.29) is 0 Å². The Morgan fingerprint density at radius 2 is 2.43 bits per heavy atom. The Morgan fingerprint density at radius 1 is 1.57 bits per heavy atom. The molecule has 0 amide bonds. The van der Waals surface area contributed by atoms with Crippen LogP contribution in [-0.4, -0.2) is 16.3 Å². The van der Waals surface area contributed by atoms with Crippen LogP contribution in [0.5, 0.6) is 0 Å². The molecule has 0 aliphatic rings. The van der Waals surface area contributed by atoms with Gasteiger partial charge in [0.05, 0.1) is 29.9 Å². The van der Waals surface area contributed by atoms with E-state index in [4.69, 9.17) is 5.26 Å². The fraction of sp³-hybridized carbons (Fsp3) is 0.100. The Kier molecular flexibility index (Phi) is 1.99. The number of nitrogens with zero attached hydrogens (tertiary/aromatic N) is 2. The summed E-state index contributed by atoms with van der Waals surface area (Å²) in [6.07, 6.45) is 2.61. The van der Waals surface area contributed by atoms with Gasteiger partial charge in [0.25, 0.3) is 0 Å². The van der Waals surface area contributed by atoms with Crippen molar-refractivity contribution in [2.24, 2.45) is 0 Å². The van der Waals surface area contributed by atoms with Gasteiger partial charge in [-0.25, -0.2) is 4.98 Å². The molecule has 1 heterocycles. The summed E-state index contributed by atoms with van der Waals surface area (Å²) < 4.78 is 0. The van der Waals surface area contributed by atoms with Gasteiger partial charge in [0.2, 0.25) is 0 Å². The molecule has 0 fully saturated rings. The Bertz CT molecular complexity index is 522. The van der Waals surface area contributed by atoms with E-state index in [9.17, 15) is 4.79 Å². The molecule has 4 nitrogen and oxygen atoms in total. The maximum Gasteiger partial charge on any atom is 0.152 e. The van der Waals surface area contributed by atoms with Crippen LogP contribution in [0.1, 0.15) is 15.9 Å². The minimum absolute atomic E-state index is 0.306. The van der Waals surface area contributed by atoms with E-state index in [0.29, 0.717) is 23.0 Å². The molecule has 1 aromatic heterocycles. The minimum Gasteiger partial charge on any atom is -0.344 e. The fourth-order valence-electron chi connectivity index (χ4n) is 1.44. The Balaban J connectivity index is 2.73. The fourth-order valence-corrected chi connectivity index (χ4v) is 1.44. The van der Waals surface area contributed by atoms with E-state index in [0.717, 1.165) is 11.8 Å². The van der Waals surface area contributed by atoms with Gasteiger partial charge in [-0.2, -0.15) is 5.26 Å². The quantitative estimate of drug-likeness (QED) is 0.719. The first kappa shape index (κ1) is 8.45. The first-order chi connectivity index (χ1) is 6.86. The summed E-state index contributed by atoms with van der Waals surface area (Å²) in [5.41, 5.74) is 2.82. The van der Waals surface area contributed by atoms with Crippen LogP contribution in [-0.2, 0) is 6.42 Å². The molecule has 2 rings (SSSR count). The number of nitrogens with one attached hydrogen (secondary N) is 1. The van der Waals surface area contributed by atoms with Gasteiger partial charge >= 0.3 is 0 Å². The van der Waals surface area contributed by atoms with E-state index in [1.165, 1.54) is 6.33 Å². The van der Waals surface area contributed by atoms with E-state index in [1.807, 2.05) is 0 Å². The van der Waals surface area contributed by atoms with Crippen molar-refractivity contribution in [1.29, 1.82) is 5.26 Å². The molecule has 0 aliphatic carbocycles. The van der Waals surface area contributed by atoms with E-state index < -0.39 is 0 Å². The second kappa shape index (κ2) is 3.30. The lowest BCUT2D eigenvalue weighted by molar-refractivity contribution is 0.112. The molecular weight excluding hydrogens is 178 g/mol. The van der Waals surface area contributed by atoms with Crippen molar-refractivity contribution >= 4 is 17.3 Å². The van der Waals surface area contributed by atoms with Crippen molar-refractivity contribution in [3.63, 3.8) is 0 Å². The summed E-state index contributed by atoms with van der Waals surface area (Å²) in [6.45, 7) is 0. The van der Waals surface area contributed by atoms with Crippen molar-refractivity contribution in [3.05, 3.63) is 29.6 Å². The van der Waals surface area contributed by atoms with Crippen LogP contribution >= 0.6 is 0 Å².